The van der Waals surface area contributed by atoms with E-state index in [1.807, 2.05) is 13.8 Å². The Morgan fingerprint density at radius 1 is 0.533 bits per heavy atom. The van der Waals surface area contributed by atoms with Gasteiger partial charge >= 0.3 is 0 Å². The Morgan fingerprint density at radius 3 is 1.33 bits per heavy atom. The van der Waals surface area contributed by atoms with E-state index in [0.717, 1.165) is 25.7 Å². The van der Waals surface area contributed by atoms with Gasteiger partial charge < -0.3 is 9.47 Å². The summed E-state index contributed by atoms with van der Waals surface area (Å²) in [5.74, 6) is -0.503. The van der Waals surface area contributed by atoms with Gasteiger partial charge in [-0.3, -0.25) is 0 Å². The van der Waals surface area contributed by atoms with Crippen LogP contribution >= 0.6 is 0 Å². The van der Waals surface area contributed by atoms with Crippen molar-refractivity contribution in [3.63, 3.8) is 0 Å². The minimum Gasteiger partial charge on any atom is -0.344 e. The molecule has 0 radical (unpaired) electrons. The standard InChI is InChI=1S/C43H62O2/c1-34(2)20-15-23-37(5)26-18-29-38(6)27-16-24-35(3)21-13-14-22-36(4)25-17-28-39(7)30-19-31-40(8)32-33-41-42(9,10)45-43(11,12)44-41/h13-14,16-22,24-31,41H,15,23,32-33H2,1-12H3/b14-13+,24-16+,25-17+,29-18+,30-19+,35-21+,36-22+,37-26+,38-27+,39-28+,40-31+. The van der Waals surface area contributed by atoms with Crippen LogP contribution in [0.25, 0.3) is 0 Å². The Labute approximate surface area is 277 Å². The minimum atomic E-state index is -0.503. The van der Waals surface area contributed by atoms with Crippen molar-refractivity contribution in [2.45, 2.75) is 126 Å². The number of ether oxygens (including phenoxy) is 2. The molecule has 0 aliphatic carbocycles. The number of allylic oxidation sites excluding steroid dienone is 24. The number of hydrogen-bond acceptors (Lipinski definition) is 2. The normalized spacial score (nSPS) is 20.7. The van der Waals surface area contributed by atoms with Gasteiger partial charge in [-0.1, -0.05) is 142 Å². The summed E-state index contributed by atoms with van der Waals surface area (Å²) < 4.78 is 12.1. The fraction of sp³-hybridized carbons (Fsp3) is 0.442. The lowest BCUT2D eigenvalue weighted by molar-refractivity contribution is -0.157. The average Bonchev–Trinajstić information content (AvgIpc) is 3.15. The van der Waals surface area contributed by atoms with E-state index in [-0.39, 0.29) is 11.7 Å². The van der Waals surface area contributed by atoms with Gasteiger partial charge in [0, 0.05) is 0 Å². The van der Waals surface area contributed by atoms with Crippen LogP contribution in [0.3, 0.4) is 0 Å². The van der Waals surface area contributed by atoms with Crippen LogP contribution in [0.2, 0.25) is 0 Å². The number of rotatable bonds is 16. The van der Waals surface area contributed by atoms with E-state index in [9.17, 15) is 0 Å². The molecule has 1 saturated heterocycles. The largest absolute Gasteiger partial charge is 0.344 e. The highest BCUT2D eigenvalue weighted by Gasteiger charge is 2.46. The zero-order chi connectivity index (χ0) is 33.9. The first-order chi connectivity index (χ1) is 21.1. The lowest BCUT2D eigenvalue weighted by Crippen LogP contribution is -2.33. The first kappa shape index (κ1) is 39.8. The van der Waals surface area contributed by atoms with E-state index in [4.69, 9.17) is 9.47 Å². The first-order valence-corrected chi connectivity index (χ1v) is 16.5. The first-order valence-electron chi connectivity index (χ1n) is 16.5. The van der Waals surface area contributed by atoms with Crippen molar-refractivity contribution in [2.24, 2.45) is 0 Å². The van der Waals surface area contributed by atoms with Gasteiger partial charge in [0.1, 0.15) is 0 Å². The van der Waals surface area contributed by atoms with Gasteiger partial charge in [0.25, 0.3) is 0 Å². The van der Waals surface area contributed by atoms with E-state index >= 15 is 0 Å². The third kappa shape index (κ3) is 19.7. The Kier molecular flexibility index (Phi) is 18.4. The topological polar surface area (TPSA) is 18.5 Å². The lowest BCUT2D eigenvalue weighted by Gasteiger charge is -2.23. The summed E-state index contributed by atoms with van der Waals surface area (Å²) in [6.45, 7) is 25.4. The summed E-state index contributed by atoms with van der Waals surface area (Å²) in [6.07, 6.45) is 40.8. The molecule has 0 amide bonds. The van der Waals surface area contributed by atoms with Gasteiger partial charge in [-0.15, -0.1) is 0 Å². The Morgan fingerprint density at radius 2 is 0.933 bits per heavy atom. The van der Waals surface area contributed by atoms with E-state index in [1.54, 1.807) is 0 Å². The molecule has 0 N–H and O–H groups in total. The van der Waals surface area contributed by atoms with Gasteiger partial charge in [-0.2, -0.15) is 0 Å². The fourth-order valence-corrected chi connectivity index (χ4v) is 4.80. The van der Waals surface area contributed by atoms with E-state index in [1.165, 1.54) is 39.0 Å². The fourth-order valence-electron chi connectivity index (χ4n) is 4.80. The monoisotopic (exact) mass is 610 g/mol. The van der Waals surface area contributed by atoms with E-state index in [0.29, 0.717) is 0 Å². The molecule has 0 aromatic rings. The van der Waals surface area contributed by atoms with Crippen LogP contribution in [0, 0.1) is 0 Å². The highest BCUT2D eigenvalue weighted by atomic mass is 16.8. The molecule has 0 aromatic heterocycles. The Balaban J connectivity index is 2.50. The van der Waals surface area contributed by atoms with Gasteiger partial charge in [0.05, 0.1) is 11.7 Å². The molecule has 2 heteroatoms. The maximum absolute atomic E-state index is 6.10. The molecule has 1 unspecified atom stereocenters. The molecule has 2 nitrogen and oxygen atoms in total. The zero-order valence-electron chi connectivity index (χ0n) is 30.5. The van der Waals surface area contributed by atoms with Crippen LogP contribution < -0.4 is 0 Å². The molecule has 1 fully saturated rings. The molecule has 1 aliphatic rings. The summed E-state index contributed by atoms with van der Waals surface area (Å²) in [4.78, 5) is 0. The van der Waals surface area contributed by atoms with Crippen molar-refractivity contribution in [3.05, 3.63) is 142 Å². The summed E-state index contributed by atoms with van der Waals surface area (Å²) in [5.41, 5.74) is 8.73. The molecular formula is C43H62O2. The molecule has 0 saturated carbocycles. The minimum absolute atomic E-state index is 0.111. The molecule has 45 heavy (non-hydrogen) atoms. The van der Waals surface area contributed by atoms with Crippen LogP contribution in [0.1, 0.15) is 109 Å². The van der Waals surface area contributed by atoms with Crippen LogP contribution in [0.5, 0.6) is 0 Å². The highest BCUT2D eigenvalue weighted by Crippen LogP contribution is 2.38. The second-order valence-electron chi connectivity index (χ2n) is 13.6. The van der Waals surface area contributed by atoms with E-state index in [2.05, 4.69) is 173 Å². The Hall–Kier alpha value is -3.20. The number of hydrogen-bond donors (Lipinski definition) is 0. The molecule has 1 aliphatic heterocycles. The third-order valence-corrected chi connectivity index (χ3v) is 7.35. The SMILES string of the molecule is CC(C)=CCC/C(C)=C/C=C/C(C)=C/C=C/C(C)=C/C=C/C=C(C)/C=C/C=C(C)/C=C/C=C(\C)CCC1OC(C)(C)OC1(C)C. The maximum atomic E-state index is 6.10. The average molecular weight is 611 g/mol. The summed E-state index contributed by atoms with van der Waals surface area (Å²) in [5, 5.41) is 0. The molecule has 0 aromatic carbocycles. The molecule has 246 valence electrons. The highest BCUT2D eigenvalue weighted by molar-refractivity contribution is 5.32. The molecule has 1 atom stereocenters. The molecule has 1 rings (SSSR count). The molecule has 0 spiro atoms. The second kappa shape index (κ2) is 20.8. The van der Waals surface area contributed by atoms with Crippen LogP contribution in [-0.4, -0.2) is 17.5 Å². The van der Waals surface area contributed by atoms with Crippen LogP contribution in [-0.2, 0) is 9.47 Å². The summed E-state index contributed by atoms with van der Waals surface area (Å²) >= 11 is 0. The van der Waals surface area contributed by atoms with Gasteiger partial charge in [-0.25, -0.2) is 0 Å². The summed E-state index contributed by atoms with van der Waals surface area (Å²) in [6, 6.07) is 0. The molecule has 1 heterocycles. The third-order valence-electron chi connectivity index (χ3n) is 7.35. The Bertz CT molecular complexity index is 1300. The van der Waals surface area contributed by atoms with Crippen LogP contribution in [0.15, 0.2) is 142 Å². The quantitative estimate of drug-likeness (QED) is 0.128. The second-order valence-corrected chi connectivity index (χ2v) is 13.6. The van der Waals surface area contributed by atoms with Crippen LogP contribution in [0.4, 0.5) is 0 Å². The van der Waals surface area contributed by atoms with Gasteiger partial charge in [-0.05, 0) is 109 Å². The van der Waals surface area contributed by atoms with Crippen molar-refractivity contribution in [1.29, 1.82) is 0 Å². The zero-order valence-corrected chi connectivity index (χ0v) is 30.5. The van der Waals surface area contributed by atoms with Gasteiger partial charge in [0.15, 0.2) is 5.79 Å². The van der Waals surface area contributed by atoms with E-state index < -0.39 is 5.79 Å². The molecule has 0 bridgehead atoms. The smallest absolute Gasteiger partial charge is 0.164 e. The van der Waals surface area contributed by atoms with Gasteiger partial charge in [0.2, 0.25) is 0 Å². The molecular weight excluding hydrogens is 548 g/mol. The van der Waals surface area contributed by atoms with Crippen molar-refractivity contribution in [2.75, 3.05) is 0 Å². The van der Waals surface area contributed by atoms with Crippen molar-refractivity contribution in [3.8, 4) is 0 Å². The predicted octanol–water partition coefficient (Wildman–Crippen LogP) is 12.9. The van der Waals surface area contributed by atoms with Crippen molar-refractivity contribution in [1.82, 2.24) is 0 Å². The lowest BCUT2D eigenvalue weighted by atomic mass is 9.96. The predicted molar refractivity (Wildman–Crippen MR) is 200 cm³/mol. The summed E-state index contributed by atoms with van der Waals surface area (Å²) in [7, 11) is 0. The van der Waals surface area contributed by atoms with Crippen molar-refractivity contribution >= 4 is 0 Å². The van der Waals surface area contributed by atoms with Crippen molar-refractivity contribution < 1.29 is 9.47 Å². The maximum Gasteiger partial charge on any atom is 0.164 e.